The fraction of sp³-hybridized carbons (Fsp3) is 0.111. The molecule has 2 atom stereocenters. The van der Waals surface area contributed by atoms with Crippen molar-refractivity contribution in [2.45, 2.75) is 9.63 Å². The summed E-state index contributed by atoms with van der Waals surface area (Å²) < 4.78 is 0. The molecular weight excluding hydrogens is 374 g/mol. The first-order valence-corrected chi connectivity index (χ1v) is 12.8. The van der Waals surface area contributed by atoms with E-state index in [-0.39, 0.29) is 0 Å². The Kier molecular flexibility index (Phi) is 6.36. The Morgan fingerprint density at radius 3 is 1.30 bits per heavy atom. The Bertz CT molecular complexity index is 482. The van der Waals surface area contributed by atoms with Crippen LogP contribution in [0.25, 0.3) is 0 Å². The molecule has 102 valence electrons. The van der Waals surface area contributed by atoms with Crippen LogP contribution in [-0.2, 0) is 0 Å². The molecule has 0 N–H and O–H groups in total. The van der Waals surface area contributed by atoms with Gasteiger partial charge in [0.2, 0.25) is 0 Å². The summed E-state index contributed by atoms with van der Waals surface area (Å²) in [6.45, 7) is 8.03. The Morgan fingerprint density at radius 2 is 1.00 bits per heavy atom. The average Bonchev–Trinajstić information content (AvgIpc) is 2.53. The molecule has 2 unspecified atom stereocenters. The number of hydrogen-bond donors (Lipinski definition) is 0. The van der Waals surface area contributed by atoms with Crippen molar-refractivity contribution in [3.8, 4) is 0 Å². The topological polar surface area (TPSA) is 0 Å². The second-order valence-corrected chi connectivity index (χ2v) is 11.5. The standard InChI is InChI=1S/C18H18Se2/c1-3-17(15-11-7-5-8-12-15)19-20-18(4-2)16-13-9-6-10-14-16/h3-14,17-18H,1-2H2. The average molecular weight is 392 g/mol. The van der Waals surface area contributed by atoms with Crippen molar-refractivity contribution in [2.24, 2.45) is 0 Å². The van der Waals surface area contributed by atoms with Gasteiger partial charge < -0.3 is 0 Å². The van der Waals surface area contributed by atoms with E-state index < -0.39 is 0 Å². The Morgan fingerprint density at radius 1 is 0.650 bits per heavy atom. The number of benzene rings is 2. The third kappa shape index (κ3) is 4.23. The van der Waals surface area contributed by atoms with Crippen LogP contribution in [0, 0.1) is 0 Å². The first-order valence-electron chi connectivity index (χ1n) is 6.52. The van der Waals surface area contributed by atoms with Gasteiger partial charge in [-0.05, 0) is 0 Å². The first-order chi connectivity index (χ1) is 9.85. The van der Waals surface area contributed by atoms with Crippen molar-refractivity contribution < 1.29 is 0 Å². The normalized spacial score (nSPS) is 13.4. The van der Waals surface area contributed by atoms with Crippen LogP contribution >= 0.6 is 0 Å². The van der Waals surface area contributed by atoms with Crippen LogP contribution in [0.15, 0.2) is 86.0 Å². The van der Waals surface area contributed by atoms with Crippen LogP contribution in [0.1, 0.15) is 20.8 Å². The molecule has 2 rings (SSSR count). The molecule has 0 radical (unpaired) electrons. The van der Waals surface area contributed by atoms with Crippen LogP contribution in [0.3, 0.4) is 0 Å². The van der Waals surface area contributed by atoms with Gasteiger partial charge in [0.25, 0.3) is 0 Å². The SMILES string of the molecule is C=CC([Se][Se]C(C=C)c1ccccc1)c1ccccc1. The second-order valence-electron chi connectivity index (χ2n) is 4.33. The van der Waals surface area contributed by atoms with E-state index in [0.29, 0.717) is 35.9 Å². The quantitative estimate of drug-likeness (QED) is 0.490. The molecule has 0 aliphatic heterocycles. The predicted molar refractivity (Wildman–Crippen MR) is 90.3 cm³/mol. The van der Waals surface area contributed by atoms with E-state index >= 15 is 0 Å². The summed E-state index contributed by atoms with van der Waals surface area (Å²) in [7, 11) is 0. The molecule has 0 saturated heterocycles. The molecular formula is C18H18Se2. The molecule has 0 amide bonds. The van der Waals surface area contributed by atoms with Crippen LogP contribution in [0.5, 0.6) is 0 Å². The summed E-state index contributed by atoms with van der Waals surface area (Å²) in [5.74, 6) is 0. The van der Waals surface area contributed by atoms with Gasteiger partial charge in [0.15, 0.2) is 0 Å². The summed E-state index contributed by atoms with van der Waals surface area (Å²) in [5, 5.41) is 0. The summed E-state index contributed by atoms with van der Waals surface area (Å²) in [4.78, 5) is 1.02. The Balaban J connectivity index is 2.02. The molecule has 2 heteroatoms. The second kappa shape index (κ2) is 8.29. The van der Waals surface area contributed by atoms with Crippen LogP contribution in [0.4, 0.5) is 0 Å². The fourth-order valence-electron chi connectivity index (χ4n) is 1.87. The molecule has 0 saturated carbocycles. The van der Waals surface area contributed by atoms with Crippen LogP contribution in [0.2, 0.25) is 0 Å². The van der Waals surface area contributed by atoms with Crippen molar-refractivity contribution in [3.63, 3.8) is 0 Å². The number of hydrogen-bond acceptors (Lipinski definition) is 0. The van der Waals surface area contributed by atoms with Gasteiger partial charge in [-0.3, -0.25) is 0 Å². The fourth-order valence-corrected chi connectivity index (χ4v) is 10.6. The molecule has 0 aromatic heterocycles. The zero-order valence-electron chi connectivity index (χ0n) is 11.3. The van der Waals surface area contributed by atoms with Gasteiger partial charge >= 0.3 is 133 Å². The van der Waals surface area contributed by atoms with Gasteiger partial charge in [0.05, 0.1) is 0 Å². The molecule has 20 heavy (non-hydrogen) atoms. The van der Waals surface area contributed by atoms with E-state index in [2.05, 4.69) is 86.0 Å². The molecule has 2 aromatic rings. The minimum atomic E-state index is 0.509. The molecule has 0 fully saturated rings. The monoisotopic (exact) mass is 394 g/mol. The molecule has 2 aromatic carbocycles. The molecule has 0 heterocycles. The van der Waals surface area contributed by atoms with Crippen molar-refractivity contribution in [1.82, 2.24) is 0 Å². The maximum absolute atomic E-state index is 4.01. The summed E-state index contributed by atoms with van der Waals surface area (Å²) in [6.07, 6.45) is 4.20. The van der Waals surface area contributed by atoms with E-state index in [0.717, 1.165) is 0 Å². The zero-order valence-corrected chi connectivity index (χ0v) is 14.7. The van der Waals surface area contributed by atoms with Crippen LogP contribution in [-0.4, -0.2) is 26.3 Å². The van der Waals surface area contributed by atoms with Crippen molar-refractivity contribution >= 4 is 26.3 Å². The summed E-state index contributed by atoms with van der Waals surface area (Å²) in [5.41, 5.74) is 2.78. The maximum atomic E-state index is 4.01. The first kappa shape index (κ1) is 15.3. The van der Waals surface area contributed by atoms with Crippen molar-refractivity contribution in [1.29, 1.82) is 0 Å². The van der Waals surface area contributed by atoms with Gasteiger partial charge in [0, 0.05) is 0 Å². The van der Waals surface area contributed by atoms with Gasteiger partial charge in [-0.15, -0.1) is 0 Å². The van der Waals surface area contributed by atoms with Crippen molar-refractivity contribution in [2.75, 3.05) is 0 Å². The van der Waals surface area contributed by atoms with Crippen molar-refractivity contribution in [3.05, 3.63) is 97.1 Å². The number of rotatable bonds is 7. The van der Waals surface area contributed by atoms with Gasteiger partial charge in [-0.2, -0.15) is 0 Å². The Labute approximate surface area is 132 Å². The van der Waals surface area contributed by atoms with E-state index in [1.165, 1.54) is 11.1 Å². The third-order valence-electron chi connectivity index (χ3n) is 2.95. The molecule has 0 spiro atoms. The molecule has 0 bridgehead atoms. The van der Waals surface area contributed by atoms with Crippen LogP contribution < -0.4 is 0 Å². The van der Waals surface area contributed by atoms with E-state index in [9.17, 15) is 0 Å². The molecule has 0 aliphatic rings. The van der Waals surface area contributed by atoms with Gasteiger partial charge in [-0.1, -0.05) is 0 Å². The Hall–Kier alpha value is -1.04. The van der Waals surface area contributed by atoms with E-state index in [1.54, 1.807) is 0 Å². The minimum absolute atomic E-state index is 0.509. The third-order valence-corrected chi connectivity index (χ3v) is 11.7. The van der Waals surface area contributed by atoms with E-state index in [4.69, 9.17) is 0 Å². The molecule has 0 aliphatic carbocycles. The van der Waals surface area contributed by atoms with Gasteiger partial charge in [0.1, 0.15) is 0 Å². The molecule has 0 nitrogen and oxygen atoms in total. The van der Waals surface area contributed by atoms with E-state index in [1.807, 2.05) is 0 Å². The summed E-state index contributed by atoms with van der Waals surface area (Å²) >= 11 is 1.09. The zero-order chi connectivity index (χ0) is 14.2. The predicted octanol–water partition coefficient (Wildman–Crippen LogP) is 4.16. The number of allylic oxidation sites excluding steroid dienone is 2. The van der Waals surface area contributed by atoms with Gasteiger partial charge in [-0.25, -0.2) is 0 Å². The summed E-state index contributed by atoms with van der Waals surface area (Å²) in [6, 6.07) is 21.4.